The normalized spacial score (nSPS) is 40.0. The van der Waals surface area contributed by atoms with Gasteiger partial charge in [-0.25, -0.2) is 0 Å². The third kappa shape index (κ3) is 3.47. The zero-order valence-corrected chi connectivity index (χ0v) is 14.5. The van der Waals surface area contributed by atoms with Crippen LogP contribution in [0.4, 0.5) is 0 Å². The Labute approximate surface area is 132 Å². The molecule has 2 heteroatoms. The van der Waals surface area contributed by atoms with Gasteiger partial charge in [0.05, 0.1) is 0 Å². The first-order valence-corrected chi connectivity index (χ1v) is 9.66. The summed E-state index contributed by atoms with van der Waals surface area (Å²) in [4.78, 5) is 2.94. The minimum atomic E-state index is 0.760. The molecular weight excluding hydrogens is 256 g/mol. The molecule has 0 bridgehead atoms. The summed E-state index contributed by atoms with van der Waals surface area (Å²) >= 11 is 0. The first-order chi connectivity index (χ1) is 10.2. The van der Waals surface area contributed by atoms with Crippen molar-refractivity contribution in [3.8, 4) is 0 Å². The van der Waals surface area contributed by atoms with Gasteiger partial charge in [0.1, 0.15) is 0 Å². The van der Waals surface area contributed by atoms with Crippen molar-refractivity contribution >= 4 is 0 Å². The maximum atomic E-state index is 3.95. The first kappa shape index (κ1) is 15.8. The lowest BCUT2D eigenvalue weighted by Gasteiger charge is -2.49. The molecule has 3 aliphatic rings. The average Bonchev–Trinajstić information content (AvgIpc) is 2.93. The van der Waals surface area contributed by atoms with Gasteiger partial charge in [-0.05, 0) is 43.4 Å². The summed E-state index contributed by atoms with van der Waals surface area (Å²) in [6.45, 7) is 9.87. The van der Waals surface area contributed by atoms with Crippen molar-refractivity contribution in [3.63, 3.8) is 0 Å². The highest BCUT2D eigenvalue weighted by Crippen LogP contribution is 2.35. The Kier molecular flexibility index (Phi) is 5.27. The highest BCUT2D eigenvalue weighted by atomic mass is 15.3. The highest BCUT2D eigenvalue weighted by Gasteiger charge is 2.40. The fraction of sp³-hybridized carbons (Fsp3) is 1.00. The second kappa shape index (κ2) is 7.00. The Hall–Kier alpha value is -0.0800. The van der Waals surface area contributed by atoms with Crippen LogP contribution in [0.3, 0.4) is 0 Å². The molecule has 3 rings (SSSR count). The maximum absolute atomic E-state index is 3.95. The second-order valence-corrected chi connectivity index (χ2v) is 8.40. The topological polar surface area (TPSA) is 15.3 Å². The van der Waals surface area contributed by atoms with E-state index in [0.29, 0.717) is 0 Å². The zero-order valence-electron chi connectivity index (χ0n) is 14.5. The molecule has 122 valence electrons. The third-order valence-electron chi connectivity index (χ3n) is 6.65. The van der Waals surface area contributed by atoms with E-state index >= 15 is 0 Å². The summed E-state index contributed by atoms with van der Waals surface area (Å²) < 4.78 is 0. The van der Waals surface area contributed by atoms with E-state index in [1.807, 2.05) is 0 Å². The van der Waals surface area contributed by atoms with Crippen molar-refractivity contribution in [1.29, 1.82) is 0 Å². The van der Waals surface area contributed by atoms with Crippen LogP contribution < -0.4 is 5.32 Å². The van der Waals surface area contributed by atoms with Crippen LogP contribution in [0.5, 0.6) is 0 Å². The summed E-state index contributed by atoms with van der Waals surface area (Å²) in [7, 11) is 0. The number of nitrogens with zero attached hydrogens (tertiary/aromatic N) is 1. The molecule has 2 nitrogen and oxygen atoms in total. The van der Waals surface area contributed by atoms with Gasteiger partial charge >= 0.3 is 0 Å². The van der Waals surface area contributed by atoms with Crippen molar-refractivity contribution in [1.82, 2.24) is 10.2 Å². The predicted molar refractivity (Wildman–Crippen MR) is 90.5 cm³/mol. The van der Waals surface area contributed by atoms with E-state index in [0.717, 1.165) is 35.9 Å². The van der Waals surface area contributed by atoms with E-state index in [2.05, 4.69) is 31.0 Å². The lowest BCUT2D eigenvalue weighted by atomic mass is 9.81. The largest absolute Gasteiger partial charge is 0.311 e. The molecule has 4 unspecified atom stereocenters. The molecule has 1 saturated heterocycles. The summed E-state index contributed by atoms with van der Waals surface area (Å²) in [5.74, 6) is 2.64. The summed E-state index contributed by atoms with van der Waals surface area (Å²) in [6, 6.07) is 2.40. The monoisotopic (exact) mass is 292 g/mol. The van der Waals surface area contributed by atoms with Crippen LogP contribution >= 0.6 is 0 Å². The van der Waals surface area contributed by atoms with E-state index in [9.17, 15) is 0 Å². The predicted octanol–water partition coefficient (Wildman–Crippen LogP) is 4.05. The van der Waals surface area contributed by atoms with Gasteiger partial charge in [0, 0.05) is 31.2 Å². The van der Waals surface area contributed by atoms with Crippen molar-refractivity contribution < 1.29 is 0 Å². The van der Waals surface area contributed by atoms with Gasteiger partial charge < -0.3 is 5.32 Å². The zero-order chi connectivity index (χ0) is 14.8. The lowest BCUT2D eigenvalue weighted by Crippen LogP contribution is -2.63. The molecule has 0 spiro atoms. The smallest absolute Gasteiger partial charge is 0.0247 e. The van der Waals surface area contributed by atoms with E-state index in [4.69, 9.17) is 0 Å². The van der Waals surface area contributed by atoms with Gasteiger partial charge in [0.2, 0.25) is 0 Å². The van der Waals surface area contributed by atoms with Gasteiger partial charge in [0.25, 0.3) is 0 Å². The molecule has 4 atom stereocenters. The molecule has 0 amide bonds. The molecule has 0 aromatic carbocycles. The lowest BCUT2D eigenvalue weighted by molar-refractivity contribution is 0.0252. The van der Waals surface area contributed by atoms with Crippen molar-refractivity contribution in [2.45, 2.75) is 90.3 Å². The minimum absolute atomic E-state index is 0.760. The van der Waals surface area contributed by atoms with Crippen molar-refractivity contribution in [2.24, 2.45) is 17.8 Å². The second-order valence-electron chi connectivity index (χ2n) is 8.40. The Balaban J connectivity index is 1.68. The highest BCUT2D eigenvalue weighted by molar-refractivity contribution is 4.96. The van der Waals surface area contributed by atoms with Gasteiger partial charge in [-0.2, -0.15) is 0 Å². The molecule has 0 aromatic rings. The van der Waals surface area contributed by atoms with Crippen LogP contribution in [0.25, 0.3) is 0 Å². The third-order valence-corrected chi connectivity index (χ3v) is 6.65. The van der Waals surface area contributed by atoms with Gasteiger partial charge in [-0.1, -0.05) is 46.5 Å². The molecule has 3 fully saturated rings. The Morgan fingerprint density at radius 2 is 1.71 bits per heavy atom. The number of piperazine rings is 1. The van der Waals surface area contributed by atoms with Crippen molar-refractivity contribution in [2.75, 3.05) is 13.1 Å². The van der Waals surface area contributed by atoms with Crippen LogP contribution in [0.15, 0.2) is 0 Å². The quantitative estimate of drug-likeness (QED) is 0.844. The van der Waals surface area contributed by atoms with Crippen LogP contribution in [-0.2, 0) is 0 Å². The van der Waals surface area contributed by atoms with Crippen molar-refractivity contribution in [3.05, 3.63) is 0 Å². The standard InChI is InChI=1S/C19H36N2/c1-14(2)19-12-20-17(16-9-5-4-6-10-16)13-21(19)18-11-7-8-15(18)3/h14-20H,4-13H2,1-3H3. The Morgan fingerprint density at radius 1 is 0.952 bits per heavy atom. The number of nitrogens with one attached hydrogen (secondary N) is 1. The van der Waals surface area contributed by atoms with E-state index < -0.39 is 0 Å². The molecule has 1 N–H and O–H groups in total. The Bertz CT molecular complexity index is 320. The average molecular weight is 293 g/mol. The first-order valence-electron chi connectivity index (χ1n) is 9.66. The van der Waals surface area contributed by atoms with Crippen LogP contribution in [0.1, 0.15) is 72.1 Å². The van der Waals surface area contributed by atoms with E-state index in [-0.39, 0.29) is 0 Å². The molecule has 1 heterocycles. The van der Waals surface area contributed by atoms with Crippen LogP contribution in [0.2, 0.25) is 0 Å². The van der Waals surface area contributed by atoms with Crippen LogP contribution in [-0.4, -0.2) is 36.1 Å². The van der Waals surface area contributed by atoms with Gasteiger partial charge in [-0.3, -0.25) is 4.90 Å². The number of hydrogen-bond acceptors (Lipinski definition) is 2. The number of rotatable bonds is 3. The molecule has 1 aliphatic heterocycles. The van der Waals surface area contributed by atoms with E-state index in [1.54, 1.807) is 0 Å². The van der Waals surface area contributed by atoms with Gasteiger partial charge in [-0.15, -0.1) is 0 Å². The minimum Gasteiger partial charge on any atom is -0.311 e. The van der Waals surface area contributed by atoms with Gasteiger partial charge in [0.15, 0.2) is 0 Å². The number of hydrogen-bond donors (Lipinski definition) is 1. The fourth-order valence-corrected chi connectivity index (χ4v) is 5.29. The molecule has 0 aromatic heterocycles. The summed E-state index contributed by atoms with van der Waals surface area (Å²) in [5, 5.41) is 3.95. The molecule has 2 aliphatic carbocycles. The molecule has 0 radical (unpaired) electrons. The Morgan fingerprint density at radius 3 is 2.33 bits per heavy atom. The summed E-state index contributed by atoms with van der Waals surface area (Å²) in [5.41, 5.74) is 0. The summed E-state index contributed by atoms with van der Waals surface area (Å²) in [6.07, 6.45) is 11.7. The SMILES string of the molecule is CC(C)C1CNC(C2CCCCC2)CN1C1CCCC1C. The maximum Gasteiger partial charge on any atom is 0.0247 e. The molecule has 2 saturated carbocycles. The molecular formula is C19H36N2. The fourth-order valence-electron chi connectivity index (χ4n) is 5.29. The van der Waals surface area contributed by atoms with Crippen LogP contribution in [0, 0.1) is 17.8 Å². The van der Waals surface area contributed by atoms with E-state index in [1.165, 1.54) is 64.5 Å². The molecule has 21 heavy (non-hydrogen) atoms.